The summed E-state index contributed by atoms with van der Waals surface area (Å²) in [5.74, 6) is 0. The molecule has 0 bridgehead atoms. The molecule has 0 radical (unpaired) electrons. The number of fused-ring (bicyclic) bond motifs is 1. The first-order valence-electron chi connectivity index (χ1n) is 8.95. The zero-order chi connectivity index (χ0) is 15.3. The third-order valence-electron chi connectivity index (χ3n) is 6.21. The fourth-order valence-electron chi connectivity index (χ4n) is 6.18. The van der Waals surface area contributed by atoms with Crippen molar-refractivity contribution in [3.8, 4) is 0 Å². The Labute approximate surface area is 131 Å². The lowest BCUT2D eigenvalue weighted by molar-refractivity contribution is -0.0682. The molecule has 122 valence electrons. The fraction of sp³-hybridized carbons (Fsp3) is 1.00. The summed E-state index contributed by atoms with van der Waals surface area (Å²) in [5.41, 5.74) is 7.45. The molecule has 1 unspecified atom stereocenters. The van der Waals surface area contributed by atoms with Gasteiger partial charge in [0, 0.05) is 37.8 Å². The number of rotatable bonds is 2. The van der Waals surface area contributed by atoms with Crippen LogP contribution in [-0.2, 0) is 0 Å². The average Bonchev–Trinajstić information content (AvgIpc) is 2.81. The number of hydrogen-bond acceptors (Lipinski definition) is 3. The molecule has 3 fully saturated rings. The van der Waals surface area contributed by atoms with Gasteiger partial charge in [-0.1, -0.05) is 27.7 Å². The lowest BCUT2D eigenvalue weighted by Gasteiger charge is -2.58. The van der Waals surface area contributed by atoms with Crippen molar-refractivity contribution in [1.29, 1.82) is 0 Å². The van der Waals surface area contributed by atoms with Gasteiger partial charge in [0.25, 0.3) is 0 Å². The number of piperazine rings is 1. The van der Waals surface area contributed by atoms with E-state index in [1.54, 1.807) is 0 Å². The van der Waals surface area contributed by atoms with Gasteiger partial charge in [0.2, 0.25) is 0 Å². The van der Waals surface area contributed by atoms with Crippen LogP contribution in [0.2, 0.25) is 0 Å². The molecule has 2 aliphatic heterocycles. The van der Waals surface area contributed by atoms with E-state index in [-0.39, 0.29) is 5.54 Å². The van der Waals surface area contributed by atoms with Gasteiger partial charge in [-0.2, -0.15) is 0 Å². The summed E-state index contributed by atoms with van der Waals surface area (Å²) >= 11 is 0. The van der Waals surface area contributed by atoms with E-state index in [0.717, 1.165) is 12.6 Å². The van der Waals surface area contributed by atoms with Gasteiger partial charge in [-0.05, 0) is 49.5 Å². The Kier molecular flexibility index (Phi) is 3.91. The maximum absolute atomic E-state index is 6.39. The molecule has 2 saturated heterocycles. The molecule has 3 nitrogen and oxygen atoms in total. The van der Waals surface area contributed by atoms with Gasteiger partial charge in [-0.25, -0.2) is 0 Å². The van der Waals surface area contributed by atoms with Crippen molar-refractivity contribution in [3.05, 3.63) is 0 Å². The van der Waals surface area contributed by atoms with Crippen molar-refractivity contribution in [2.24, 2.45) is 16.6 Å². The lowest BCUT2D eigenvalue weighted by atomic mass is 9.57. The first-order chi connectivity index (χ1) is 9.75. The van der Waals surface area contributed by atoms with Crippen LogP contribution in [0.3, 0.4) is 0 Å². The zero-order valence-electron chi connectivity index (χ0n) is 14.6. The first-order valence-corrected chi connectivity index (χ1v) is 8.95. The Morgan fingerprint density at radius 2 is 1.62 bits per heavy atom. The average molecular weight is 293 g/mol. The van der Waals surface area contributed by atoms with Crippen LogP contribution in [0.4, 0.5) is 0 Å². The first kappa shape index (κ1) is 15.8. The van der Waals surface area contributed by atoms with E-state index in [0.29, 0.717) is 10.8 Å². The SMILES string of the molecule is CC1(C)CC(C)(C)CC(CN)(N2CCN3CCCC3C2)C1. The van der Waals surface area contributed by atoms with Crippen LogP contribution in [0, 0.1) is 10.8 Å². The summed E-state index contributed by atoms with van der Waals surface area (Å²) < 4.78 is 0. The third-order valence-corrected chi connectivity index (χ3v) is 6.21. The molecular formula is C18H35N3. The molecule has 0 aromatic heterocycles. The Bertz CT molecular complexity index is 372. The molecule has 0 spiro atoms. The molecule has 0 aromatic rings. The Hall–Kier alpha value is -0.120. The largest absolute Gasteiger partial charge is 0.329 e. The van der Waals surface area contributed by atoms with Gasteiger partial charge in [-0.3, -0.25) is 9.80 Å². The molecule has 1 aliphatic carbocycles. The van der Waals surface area contributed by atoms with Crippen molar-refractivity contribution >= 4 is 0 Å². The number of nitrogens with zero attached hydrogens (tertiary/aromatic N) is 2. The molecule has 1 saturated carbocycles. The van der Waals surface area contributed by atoms with Crippen LogP contribution < -0.4 is 5.73 Å². The quantitative estimate of drug-likeness (QED) is 0.849. The molecular weight excluding hydrogens is 258 g/mol. The summed E-state index contributed by atoms with van der Waals surface area (Å²) in [6.07, 6.45) is 6.65. The van der Waals surface area contributed by atoms with Gasteiger partial charge < -0.3 is 5.73 Å². The molecule has 21 heavy (non-hydrogen) atoms. The van der Waals surface area contributed by atoms with Crippen molar-refractivity contribution in [2.75, 3.05) is 32.7 Å². The molecule has 3 aliphatic rings. The molecule has 0 aromatic carbocycles. The van der Waals surface area contributed by atoms with Crippen LogP contribution in [0.15, 0.2) is 0 Å². The summed E-state index contributed by atoms with van der Waals surface area (Å²) in [7, 11) is 0. The summed E-state index contributed by atoms with van der Waals surface area (Å²) in [4.78, 5) is 5.50. The maximum Gasteiger partial charge on any atom is 0.0343 e. The van der Waals surface area contributed by atoms with Crippen LogP contribution in [0.1, 0.15) is 59.8 Å². The minimum Gasteiger partial charge on any atom is -0.329 e. The standard InChI is InChI=1S/C18H35N3/c1-16(2)11-17(3,4)13-18(12-16,14-19)21-9-8-20-7-5-6-15(20)10-21/h15H,5-14,19H2,1-4H3. The van der Waals surface area contributed by atoms with Crippen LogP contribution in [0.25, 0.3) is 0 Å². The zero-order valence-corrected chi connectivity index (χ0v) is 14.6. The highest BCUT2D eigenvalue weighted by Gasteiger charge is 2.51. The summed E-state index contributed by atoms with van der Waals surface area (Å²) in [6.45, 7) is 15.7. The van der Waals surface area contributed by atoms with E-state index < -0.39 is 0 Å². The van der Waals surface area contributed by atoms with E-state index >= 15 is 0 Å². The van der Waals surface area contributed by atoms with Gasteiger partial charge >= 0.3 is 0 Å². The van der Waals surface area contributed by atoms with E-state index in [2.05, 4.69) is 37.5 Å². The summed E-state index contributed by atoms with van der Waals surface area (Å²) in [5, 5.41) is 0. The second-order valence-corrected chi connectivity index (χ2v) is 9.57. The minimum atomic E-state index is 0.236. The minimum absolute atomic E-state index is 0.236. The van der Waals surface area contributed by atoms with Gasteiger partial charge in [-0.15, -0.1) is 0 Å². The van der Waals surface area contributed by atoms with E-state index in [9.17, 15) is 0 Å². The predicted octanol–water partition coefficient (Wildman–Crippen LogP) is 2.70. The highest BCUT2D eigenvalue weighted by atomic mass is 15.3. The van der Waals surface area contributed by atoms with E-state index in [4.69, 9.17) is 5.73 Å². The summed E-state index contributed by atoms with van der Waals surface area (Å²) in [6, 6.07) is 0.801. The molecule has 2 heterocycles. The van der Waals surface area contributed by atoms with Crippen LogP contribution in [0.5, 0.6) is 0 Å². The predicted molar refractivity (Wildman–Crippen MR) is 89.4 cm³/mol. The fourth-order valence-corrected chi connectivity index (χ4v) is 6.18. The van der Waals surface area contributed by atoms with Crippen LogP contribution >= 0.6 is 0 Å². The normalized spacial score (nSPS) is 35.6. The maximum atomic E-state index is 6.39. The molecule has 3 rings (SSSR count). The van der Waals surface area contributed by atoms with Gasteiger partial charge in [0.05, 0.1) is 0 Å². The third kappa shape index (κ3) is 3.02. The highest BCUT2D eigenvalue weighted by Crippen LogP contribution is 2.52. The Morgan fingerprint density at radius 3 is 2.24 bits per heavy atom. The smallest absolute Gasteiger partial charge is 0.0343 e. The van der Waals surface area contributed by atoms with E-state index in [1.807, 2.05) is 0 Å². The van der Waals surface area contributed by atoms with Crippen molar-refractivity contribution in [1.82, 2.24) is 9.80 Å². The van der Waals surface area contributed by atoms with Crippen molar-refractivity contribution in [3.63, 3.8) is 0 Å². The van der Waals surface area contributed by atoms with Gasteiger partial charge in [0.1, 0.15) is 0 Å². The van der Waals surface area contributed by atoms with Gasteiger partial charge in [0.15, 0.2) is 0 Å². The highest BCUT2D eigenvalue weighted by molar-refractivity contribution is 5.06. The number of hydrogen-bond donors (Lipinski definition) is 1. The molecule has 0 amide bonds. The van der Waals surface area contributed by atoms with Crippen LogP contribution in [-0.4, -0.2) is 54.1 Å². The molecule has 1 atom stereocenters. The number of nitrogens with two attached hydrogens (primary N) is 1. The molecule has 3 heteroatoms. The molecule has 2 N–H and O–H groups in total. The Balaban J connectivity index is 1.82. The second kappa shape index (κ2) is 5.21. The Morgan fingerprint density at radius 1 is 0.952 bits per heavy atom. The monoisotopic (exact) mass is 293 g/mol. The lowest BCUT2D eigenvalue weighted by Crippen LogP contribution is -2.65. The second-order valence-electron chi connectivity index (χ2n) is 9.57. The van der Waals surface area contributed by atoms with Crippen molar-refractivity contribution in [2.45, 2.75) is 71.4 Å². The van der Waals surface area contributed by atoms with Crippen molar-refractivity contribution < 1.29 is 0 Å². The van der Waals surface area contributed by atoms with E-state index in [1.165, 1.54) is 58.3 Å². The topological polar surface area (TPSA) is 32.5 Å².